The Morgan fingerprint density at radius 2 is 0.600 bits per heavy atom. The van der Waals surface area contributed by atoms with Gasteiger partial charge in [0.1, 0.15) is 6.15 Å². The molecule has 0 saturated carbocycles. The summed E-state index contributed by atoms with van der Waals surface area (Å²) in [5.74, 6) is 0.638. The second-order valence-corrected chi connectivity index (χ2v) is 17.0. The standard InChI is InChI=1S/C32H12BF24.C16H18NO/c34-25(35,36)13-1-14(26(37,38)39)6-21(5-13)33(22-7-15(27(40,41)42)2-16(8-22)28(43,44)45,23-9-17(29(46,47)48)3-18(10-23)30(49,50)51)24-11-19(31(52,53)54)4-20(12-24)32(55,56)57;1-13(2)14-6-8-15(9-7-14)16(18)12-17-10-4-3-5-11-17/h1-12H;3-11,13H,12H2,1-2H3/q-1;+1. The minimum Gasteiger partial charge on any atom is -0.287 e. The van der Waals surface area contributed by atoms with Crippen LogP contribution in [0.5, 0.6) is 0 Å². The Kier molecular flexibility index (Phi) is 16.1. The summed E-state index contributed by atoms with van der Waals surface area (Å²) in [5.41, 5.74) is -28.2. The van der Waals surface area contributed by atoms with E-state index >= 15 is 0 Å². The molecule has 1 aromatic heterocycles. The lowest BCUT2D eigenvalue weighted by molar-refractivity contribution is -0.683. The molecule has 0 N–H and O–H groups in total. The van der Waals surface area contributed by atoms with E-state index in [-0.39, 0.29) is 5.78 Å². The van der Waals surface area contributed by atoms with Gasteiger partial charge < -0.3 is 0 Å². The van der Waals surface area contributed by atoms with E-state index in [2.05, 4.69) is 13.8 Å². The SMILES string of the molecule is CC(C)c1ccc(C(=O)C[n+]2ccccc2)cc1.FC(F)(F)c1cc([B-](c2cc(C(F)(F)F)cc(C(F)(F)F)c2)(c2cc(C(F)(F)F)cc(C(F)(F)F)c2)c2cc(C(F)(F)F)cc(C(F)(F)F)c2)cc(C(F)(F)F)c1. The Bertz CT molecular complexity index is 2560. The van der Waals surface area contributed by atoms with Crippen LogP contribution in [0, 0.1) is 0 Å². The Hall–Kier alpha value is -6.70. The van der Waals surface area contributed by atoms with Crippen molar-refractivity contribution in [2.24, 2.45) is 0 Å². The van der Waals surface area contributed by atoms with E-state index < -0.39 is 195 Å². The summed E-state index contributed by atoms with van der Waals surface area (Å²) in [6.45, 7) is 4.69. The van der Waals surface area contributed by atoms with Crippen LogP contribution in [0.4, 0.5) is 105 Å². The first kappa shape index (κ1) is 59.2. The molecular weight excluding hydrogens is 1070 g/mol. The summed E-state index contributed by atoms with van der Waals surface area (Å²) in [5, 5.41) is 0. The molecule has 1 heterocycles. The molecule has 404 valence electrons. The molecule has 6 rings (SSSR count). The quantitative estimate of drug-likeness (QED) is 0.0644. The molecule has 0 unspecified atom stereocenters. The average Bonchev–Trinajstić information content (AvgIpc) is 3.27. The first-order valence-corrected chi connectivity index (χ1v) is 20.9. The lowest BCUT2D eigenvalue weighted by Crippen LogP contribution is -2.75. The van der Waals surface area contributed by atoms with E-state index in [9.17, 15) is 110 Å². The summed E-state index contributed by atoms with van der Waals surface area (Å²) >= 11 is 0. The van der Waals surface area contributed by atoms with Crippen LogP contribution < -0.4 is 26.4 Å². The third-order valence-electron chi connectivity index (χ3n) is 11.4. The molecule has 0 bridgehead atoms. The molecular formula is C48H30BF24NO. The number of alkyl halides is 24. The summed E-state index contributed by atoms with van der Waals surface area (Å²) in [4.78, 5) is 12.1. The van der Waals surface area contributed by atoms with Crippen molar-refractivity contribution in [3.63, 3.8) is 0 Å². The lowest BCUT2D eigenvalue weighted by atomic mass is 9.12. The van der Waals surface area contributed by atoms with Gasteiger partial charge in [-0.25, -0.2) is 0 Å². The monoisotopic (exact) mass is 1100 g/mol. The zero-order chi connectivity index (χ0) is 56.9. The van der Waals surface area contributed by atoms with Gasteiger partial charge in [-0.3, -0.25) is 4.79 Å². The summed E-state index contributed by atoms with van der Waals surface area (Å²) < 4.78 is 343. The van der Waals surface area contributed by atoms with Crippen LogP contribution >= 0.6 is 0 Å². The average molecular weight is 1100 g/mol. The molecule has 0 atom stereocenters. The topological polar surface area (TPSA) is 20.9 Å². The molecule has 6 aromatic rings. The van der Waals surface area contributed by atoms with Gasteiger partial charge in [0.15, 0.2) is 12.4 Å². The largest absolute Gasteiger partial charge is 0.416 e. The molecule has 0 aliphatic carbocycles. The molecule has 75 heavy (non-hydrogen) atoms. The van der Waals surface area contributed by atoms with Crippen LogP contribution in [0.25, 0.3) is 0 Å². The van der Waals surface area contributed by atoms with Crippen molar-refractivity contribution in [2.45, 2.75) is 75.7 Å². The summed E-state index contributed by atoms with van der Waals surface area (Å²) in [7, 11) is 0. The summed E-state index contributed by atoms with van der Waals surface area (Å²) in [6, 6.07) is 4.89. The number of carbonyl (C=O) groups is 1. The number of carbonyl (C=O) groups excluding carboxylic acids is 1. The Labute approximate surface area is 407 Å². The van der Waals surface area contributed by atoms with Gasteiger partial charge >= 0.3 is 49.4 Å². The predicted molar refractivity (Wildman–Crippen MR) is 222 cm³/mol. The molecule has 0 aliphatic rings. The zero-order valence-electron chi connectivity index (χ0n) is 37.4. The van der Waals surface area contributed by atoms with Crippen molar-refractivity contribution in [3.8, 4) is 0 Å². The molecule has 0 spiro atoms. The van der Waals surface area contributed by atoms with E-state index in [1.165, 1.54) is 5.56 Å². The lowest BCUT2D eigenvalue weighted by Gasteiger charge is -2.46. The van der Waals surface area contributed by atoms with Crippen molar-refractivity contribution < 1.29 is 115 Å². The third-order valence-corrected chi connectivity index (χ3v) is 11.4. The number of ketones is 1. The highest BCUT2D eigenvalue weighted by Gasteiger charge is 2.47. The molecule has 0 amide bonds. The van der Waals surface area contributed by atoms with E-state index in [1.807, 2.05) is 59.4 Å². The molecule has 27 heteroatoms. The first-order valence-electron chi connectivity index (χ1n) is 20.9. The predicted octanol–water partition coefficient (Wildman–Crippen LogP) is 14.2. The van der Waals surface area contributed by atoms with Crippen LogP contribution in [0.3, 0.4) is 0 Å². The second kappa shape index (κ2) is 20.4. The third kappa shape index (κ3) is 14.0. The number of halogens is 24. The van der Waals surface area contributed by atoms with E-state index in [1.54, 1.807) is 0 Å². The van der Waals surface area contributed by atoms with Crippen LogP contribution in [-0.4, -0.2) is 11.9 Å². The fourth-order valence-electron chi connectivity index (χ4n) is 7.92. The molecule has 2 nitrogen and oxygen atoms in total. The van der Waals surface area contributed by atoms with Crippen molar-refractivity contribution in [1.29, 1.82) is 0 Å². The van der Waals surface area contributed by atoms with Crippen molar-refractivity contribution in [2.75, 3.05) is 0 Å². The Morgan fingerprint density at radius 3 is 0.800 bits per heavy atom. The van der Waals surface area contributed by atoms with Crippen molar-refractivity contribution >= 4 is 33.8 Å². The molecule has 0 aliphatic heterocycles. The number of Topliss-reactive ketones (excluding diaryl/α,β-unsaturated/α-hetero) is 1. The number of hydrogen-bond acceptors (Lipinski definition) is 1. The molecule has 5 aromatic carbocycles. The van der Waals surface area contributed by atoms with Crippen molar-refractivity contribution in [3.05, 3.63) is 183 Å². The highest BCUT2D eigenvalue weighted by Crippen LogP contribution is 2.41. The first-order chi connectivity index (χ1) is 33.9. The molecule has 0 saturated heterocycles. The normalized spacial score (nSPS) is 13.4. The molecule has 0 fully saturated rings. The van der Waals surface area contributed by atoms with Crippen LogP contribution in [-0.2, 0) is 56.0 Å². The number of benzene rings is 5. The van der Waals surface area contributed by atoms with Gasteiger partial charge in [0, 0.05) is 17.7 Å². The smallest absolute Gasteiger partial charge is 0.287 e. The van der Waals surface area contributed by atoms with Gasteiger partial charge in [0.05, 0.1) is 44.5 Å². The number of pyridine rings is 1. The number of rotatable bonds is 8. The fraction of sp³-hybridized carbons (Fsp3) is 0.250. The van der Waals surface area contributed by atoms with Crippen LogP contribution in [0.1, 0.15) is 80.2 Å². The van der Waals surface area contributed by atoms with E-state index in [0.29, 0.717) is 12.5 Å². The highest BCUT2D eigenvalue weighted by molar-refractivity contribution is 7.20. The number of aromatic nitrogens is 1. The van der Waals surface area contributed by atoms with E-state index in [0.717, 1.165) is 5.56 Å². The maximum atomic E-state index is 14.2. The maximum absolute atomic E-state index is 14.2. The van der Waals surface area contributed by atoms with Gasteiger partial charge in [0.25, 0.3) is 0 Å². The number of hydrogen-bond donors (Lipinski definition) is 0. The van der Waals surface area contributed by atoms with Gasteiger partial charge in [-0.1, -0.05) is 92.7 Å². The van der Waals surface area contributed by atoms with Gasteiger partial charge in [-0.05, 0) is 35.7 Å². The Morgan fingerprint density at radius 1 is 0.373 bits per heavy atom. The van der Waals surface area contributed by atoms with Gasteiger partial charge in [-0.2, -0.15) is 132 Å². The van der Waals surface area contributed by atoms with Gasteiger partial charge in [0.2, 0.25) is 12.3 Å². The maximum Gasteiger partial charge on any atom is 0.416 e. The van der Waals surface area contributed by atoms with E-state index in [4.69, 9.17) is 0 Å². The van der Waals surface area contributed by atoms with Crippen molar-refractivity contribution in [1.82, 2.24) is 0 Å². The zero-order valence-corrected chi connectivity index (χ0v) is 37.4. The minimum absolute atomic E-state index is 0.140. The Balaban J connectivity index is 0.000000483. The number of nitrogens with zero attached hydrogens (tertiary/aromatic N) is 1. The fourth-order valence-corrected chi connectivity index (χ4v) is 7.92. The van der Waals surface area contributed by atoms with Crippen LogP contribution in [0.15, 0.2) is 128 Å². The van der Waals surface area contributed by atoms with Gasteiger partial charge in [-0.15, -0.1) is 0 Å². The summed E-state index contributed by atoms with van der Waals surface area (Å²) in [6.07, 6.45) is -51.0. The molecule has 0 radical (unpaired) electrons. The second-order valence-electron chi connectivity index (χ2n) is 17.0. The van der Waals surface area contributed by atoms with Crippen LogP contribution in [0.2, 0.25) is 0 Å². The highest BCUT2D eigenvalue weighted by atomic mass is 19.4. The minimum atomic E-state index is -6.13.